The summed E-state index contributed by atoms with van der Waals surface area (Å²) in [5.41, 5.74) is 3.98. The maximum atomic E-state index is 13.0. The topological polar surface area (TPSA) is 54.4 Å². The third-order valence-electron chi connectivity index (χ3n) is 9.12. The Labute approximate surface area is 179 Å². The van der Waals surface area contributed by atoms with Gasteiger partial charge in [-0.15, -0.1) is 0 Å². The molecule has 2 saturated carbocycles. The Balaban J connectivity index is 1.57. The number of aliphatic hydroxyl groups excluding tert-OH is 1. The summed E-state index contributed by atoms with van der Waals surface area (Å²) in [5, 5.41) is 9.81. The maximum Gasteiger partial charge on any atom is 0.162 e. The number of carbonyl (C=O) groups is 2. The van der Waals surface area contributed by atoms with Crippen LogP contribution < -0.4 is 0 Å². The average molecular weight is 405 g/mol. The number of carbonyl (C=O) groups excluding carboxylic acids is 2. The van der Waals surface area contributed by atoms with Gasteiger partial charge in [-0.05, 0) is 66.9 Å². The van der Waals surface area contributed by atoms with Crippen molar-refractivity contribution in [1.29, 1.82) is 0 Å². The van der Waals surface area contributed by atoms with E-state index in [1.165, 1.54) is 16.7 Å². The van der Waals surface area contributed by atoms with Crippen molar-refractivity contribution in [2.45, 2.75) is 58.3 Å². The van der Waals surface area contributed by atoms with E-state index in [1.807, 2.05) is 12.1 Å². The second-order valence-corrected chi connectivity index (χ2v) is 10.4. The molecule has 6 atom stereocenters. The van der Waals surface area contributed by atoms with E-state index >= 15 is 0 Å². The first kappa shape index (κ1) is 19.9. The van der Waals surface area contributed by atoms with Gasteiger partial charge in [-0.2, -0.15) is 0 Å². The van der Waals surface area contributed by atoms with Crippen LogP contribution in [0.1, 0.15) is 63.9 Å². The van der Waals surface area contributed by atoms with E-state index in [2.05, 4.69) is 44.2 Å². The number of hydrogen-bond acceptors (Lipinski definition) is 3. The number of aliphatic hydroxyl groups is 1. The van der Waals surface area contributed by atoms with Crippen LogP contribution in [0.4, 0.5) is 0 Å². The highest BCUT2D eigenvalue weighted by molar-refractivity contribution is 5.92. The third kappa shape index (κ3) is 2.74. The monoisotopic (exact) mass is 404 g/mol. The molecule has 158 valence electrons. The smallest absolute Gasteiger partial charge is 0.162 e. The van der Waals surface area contributed by atoms with Crippen LogP contribution in [0.5, 0.6) is 0 Å². The first-order chi connectivity index (χ1) is 14.4. The molecule has 0 spiro atoms. The standard InChI is InChI=1S/C27H32O3/c1-26-12-10-19(29)14-18(26)8-9-20-22(26)11-13-27(2)23(20)15-21(25(27)24(30)16-28)17-6-4-3-5-7-17/h3-7,11,14,20-21,23,25,28H,8-10,12-13,15-16H2,1-2H3/t20?,21-,23?,25+,26-,27-/m0/s1. The van der Waals surface area contributed by atoms with Crippen LogP contribution in [-0.2, 0) is 9.59 Å². The number of allylic oxidation sites excluding steroid dienone is 4. The van der Waals surface area contributed by atoms with E-state index in [1.54, 1.807) is 0 Å². The van der Waals surface area contributed by atoms with Crippen molar-refractivity contribution in [2.75, 3.05) is 6.61 Å². The zero-order chi connectivity index (χ0) is 21.1. The molecule has 3 heteroatoms. The van der Waals surface area contributed by atoms with Crippen LogP contribution in [0.2, 0.25) is 0 Å². The fourth-order valence-electron chi connectivity index (χ4n) is 7.63. The van der Waals surface area contributed by atoms with Crippen LogP contribution in [-0.4, -0.2) is 23.3 Å². The minimum Gasteiger partial charge on any atom is -0.389 e. The van der Waals surface area contributed by atoms with Crippen LogP contribution in [0.25, 0.3) is 0 Å². The van der Waals surface area contributed by atoms with Crippen molar-refractivity contribution >= 4 is 11.6 Å². The summed E-state index contributed by atoms with van der Waals surface area (Å²) in [6.07, 6.45) is 9.87. The number of ketones is 2. The second kappa shape index (κ2) is 7.02. The largest absolute Gasteiger partial charge is 0.389 e. The van der Waals surface area contributed by atoms with Crippen molar-refractivity contribution in [3.8, 4) is 0 Å². The van der Waals surface area contributed by atoms with Crippen molar-refractivity contribution in [3.05, 3.63) is 59.2 Å². The molecular formula is C27H32O3. The molecule has 30 heavy (non-hydrogen) atoms. The SMILES string of the molecule is C[C@]12CCC(=O)C=C1CCC1C2=CC[C@@]2(C)C1C[C@@H](c1ccccc1)[C@@H]2C(=O)CO. The molecule has 4 aliphatic rings. The molecular weight excluding hydrogens is 372 g/mol. The van der Waals surface area contributed by atoms with Crippen molar-refractivity contribution in [2.24, 2.45) is 28.6 Å². The summed E-state index contributed by atoms with van der Waals surface area (Å²) in [6, 6.07) is 10.4. The van der Waals surface area contributed by atoms with Gasteiger partial charge in [-0.3, -0.25) is 9.59 Å². The lowest BCUT2D eigenvalue weighted by Gasteiger charge is -2.53. The predicted molar refractivity (Wildman–Crippen MR) is 117 cm³/mol. The molecule has 2 fully saturated rings. The molecule has 0 aliphatic heterocycles. The van der Waals surface area contributed by atoms with Crippen molar-refractivity contribution in [1.82, 2.24) is 0 Å². The van der Waals surface area contributed by atoms with Gasteiger partial charge in [0.15, 0.2) is 11.6 Å². The van der Waals surface area contributed by atoms with E-state index < -0.39 is 0 Å². The van der Waals surface area contributed by atoms with Crippen LogP contribution in [0.15, 0.2) is 53.6 Å². The van der Waals surface area contributed by atoms with Crippen LogP contribution in [0, 0.1) is 28.6 Å². The molecule has 1 aromatic rings. The first-order valence-corrected chi connectivity index (χ1v) is 11.5. The quantitative estimate of drug-likeness (QED) is 0.721. The van der Waals surface area contributed by atoms with Crippen molar-refractivity contribution < 1.29 is 14.7 Å². The fraction of sp³-hybridized carbons (Fsp3) is 0.556. The zero-order valence-electron chi connectivity index (χ0n) is 18.1. The van der Waals surface area contributed by atoms with E-state index in [9.17, 15) is 14.7 Å². The summed E-state index contributed by atoms with van der Waals surface area (Å²) in [6.45, 7) is 4.26. The summed E-state index contributed by atoms with van der Waals surface area (Å²) in [4.78, 5) is 25.1. The fourth-order valence-corrected chi connectivity index (χ4v) is 7.63. The number of hydrogen-bond donors (Lipinski definition) is 1. The molecule has 3 nitrogen and oxygen atoms in total. The lowest BCUT2D eigenvalue weighted by molar-refractivity contribution is -0.130. The Morgan fingerprint density at radius 3 is 2.63 bits per heavy atom. The zero-order valence-corrected chi connectivity index (χ0v) is 18.1. The summed E-state index contributed by atoms with van der Waals surface area (Å²) in [7, 11) is 0. The van der Waals surface area contributed by atoms with Gasteiger partial charge in [0.2, 0.25) is 0 Å². The Bertz CT molecular complexity index is 942. The lowest BCUT2D eigenvalue weighted by atomic mass is 9.51. The van der Waals surface area contributed by atoms with E-state index in [-0.39, 0.29) is 40.8 Å². The Hall–Kier alpha value is -2.00. The minimum atomic E-state index is -0.371. The van der Waals surface area contributed by atoms with Gasteiger partial charge in [-0.1, -0.05) is 61.4 Å². The number of fused-ring (bicyclic) bond motifs is 5. The maximum absolute atomic E-state index is 13.0. The Kier molecular flexibility index (Phi) is 4.66. The lowest BCUT2D eigenvalue weighted by Crippen LogP contribution is -2.46. The molecule has 2 unspecified atom stereocenters. The highest BCUT2D eigenvalue weighted by atomic mass is 16.3. The van der Waals surface area contributed by atoms with Crippen LogP contribution >= 0.6 is 0 Å². The van der Waals surface area contributed by atoms with Gasteiger partial charge in [-0.25, -0.2) is 0 Å². The second-order valence-electron chi connectivity index (χ2n) is 10.4. The molecule has 0 saturated heterocycles. The molecule has 0 bridgehead atoms. The first-order valence-electron chi connectivity index (χ1n) is 11.5. The molecule has 1 aromatic carbocycles. The normalized spacial score (nSPS) is 40.0. The molecule has 5 rings (SSSR count). The van der Waals surface area contributed by atoms with E-state index in [0.29, 0.717) is 18.3 Å². The van der Waals surface area contributed by atoms with Gasteiger partial charge in [0, 0.05) is 17.8 Å². The van der Waals surface area contributed by atoms with Gasteiger partial charge in [0.1, 0.15) is 6.61 Å². The Morgan fingerprint density at radius 2 is 1.90 bits per heavy atom. The van der Waals surface area contributed by atoms with Gasteiger partial charge >= 0.3 is 0 Å². The predicted octanol–water partition coefficient (Wildman–Crippen LogP) is 5.01. The molecule has 0 heterocycles. The Morgan fingerprint density at radius 1 is 1.13 bits per heavy atom. The third-order valence-corrected chi connectivity index (χ3v) is 9.12. The summed E-state index contributed by atoms with van der Waals surface area (Å²) < 4.78 is 0. The molecule has 0 radical (unpaired) electrons. The summed E-state index contributed by atoms with van der Waals surface area (Å²) >= 11 is 0. The van der Waals surface area contributed by atoms with Crippen LogP contribution in [0.3, 0.4) is 0 Å². The number of benzene rings is 1. The van der Waals surface area contributed by atoms with Gasteiger partial charge in [0.25, 0.3) is 0 Å². The molecule has 1 N–H and O–H groups in total. The molecule has 0 aromatic heterocycles. The summed E-state index contributed by atoms with van der Waals surface area (Å²) in [5.74, 6) is 1.23. The number of Topliss-reactive ketones (excluding diaryl/α,β-unsaturated/α-hetero) is 1. The van der Waals surface area contributed by atoms with E-state index in [0.717, 1.165) is 32.1 Å². The highest BCUT2D eigenvalue weighted by Gasteiger charge is 2.60. The van der Waals surface area contributed by atoms with E-state index in [4.69, 9.17) is 0 Å². The van der Waals surface area contributed by atoms with Gasteiger partial charge < -0.3 is 5.11 Å². The van der Waals surface area contributed by atoms with Crippen molar-refractivity contribution in [3.63, 3.8) is 0 Å². The number of rotatable bonds is 3. The average Bonchev–Trinajstić information content (AvgIpc) is 3.07. The molecule has 4 aliphatic carbocycles. The highest BCUT2D eigenvalue weighted by Crippen LogP contribution is 2.67. The molecule has 0 amide bonds. The minimum absolute atomic E-state index is 0.00317. The van der Waals surface area contributed by atoms with Gasteiger partial charge in [0.05, 0.1) is 0 Å².